The highest BCUT2D eigenvalue weighted by atomic mass is 35.5. The Hall–Kier alpha value is -2.80. The van der Waals surface area contributed by atoms with Crippen LogP contribution in [-0.2, 0) is 20.1 Å². The van der Waals surface area contributed by atoms with Gasteiger partial charge >= 0.3 is 0 Å². The first-order valence-corrected chi connectivity index (χ1v) is 8.62. The average molecular weight is 372 g/mol. The number of aromatic nitrogens is 4. The van der Waals surface area contributed by atoms with Gasteiger partial charge < -0.3 is 10.2 Å². The molecule has 7 nitrogen and oxygen atoms in total. The summed E-state index contributed by atoms with van der Waals surface area (Å²) in [6.07, 6.45) is 7.69. The zero-order valence-corrected chi connectivity index (χ0v) is 15.9. The largest absolute Gasteiger partial charge is 0.352 e. The zero-order valence-electron chi connectivity index (χ0n) is 15.1. The lowest BCUT2D eigenvalue weighted by Crippen LogP contribution is -2.37. The molecule has 0 atom stereocenters. The Bertz CT molecular complexity index is 879. The van der Waals surface area contributed by atoms with Crippen LogP contribution in [0.2, 0.25) is 5.02 Å². The Labute approximate surface area is 157 Å². The normalized spacial score (nSPS) is 11.6. The highest BCUT2D eigenvalue weighted by Crippen LogP contribution is 2.13. The summed E-state index contributed by atoms with van der Waals surface area (Å²) in [5.41, 5.74) is 3.17. The van der Waals surface area contributed by atoms with Gasteiger partial charge in [-0.05, 0) is 24.3 Å². The van der Waals surface area contributed by atoms with E-state index in [9.17, 15) is 0 Å². The van der Waals surface area contributed by atoms with Gasteiger partial charge in [-0.3, -0.25) is 9.67 Å². The van der Waals surface area contributed by atoms with E-state index in [2.05, 4.69) is 25.4 Å². The van der Waals surface area contributed by atoms with Gasteiger partial charge in [0.2, 0.25) is 0 Å². The summed E-state index contributed by atoms with van der Waals surface area (Å²) in [6.45, 7) is 1.37. The topological polar surface area (TPSA) is 63.3 Å². The van der Waals surface area contributed by atoms with Crippen molar-refractivity contribution in [3.8, 4) is 5.69 Å². The average Bonchev–Trinajstić information content (AvgIpc) is 3.25. The number of aliphatic imine (C=N–C) groups is 1. The first-order valence-electron chi connectivity index (χ1n) is 8.24. The molecule has 0 radical (unpaired) electrons. The summed E-state index contributed by atoms with van der Waals surface area (Å²) in [5, 5.41) is 12.7. The highest BCUT2D eigenvalue weighted by molar-refractivity contribution is 6.30. The van der Waals surface area contributed by atoms with Crippen molar-refractivity contribution in [1.29, 1.82) is 0 Å². The van der Waals surface area contributed by atoms with E-state index in [4.69, 9.17) is 11.6 Å². The third kappa shape index (κ3) is 4.43. The molecule has 3 aromatic rings. The van der Waals surface area contributed by atoms with Crippen molar-refractivity contribution in [2.45, 2.75) is 13.1 Å². The fraction of sp³-hybridized carbons (Fsp3) is 0.278. The van der Waals surface area contributed by atoms with E-state index >= 15 is 0 Å². The molecule has 0 bridgehead atoms. The summed E-state index contributed by atoms with van der Waals surface area (Å²) in [5.74, 6) is 0.813. The molecule has 0 aliphatic heterocycles. The molecule has 0 amide bonds. The van der Waals surface area contributed by atoms with Gasteiger partial charge in [-0.15, -0.1) is 0 Å². The summed E-state index contributed by atoms with van der Waals surface area (Å²) in [4.78, 5) is 6.40. The molecular weight excluding hydrogens is 350 g/mol. The molecule has 0 fully saturated rings. The molecule has 3 rings (SSSR count). The second-order valence-corrected chi connectivity index (χ2v) is 6.49. The van der Waals surface area contributed by atoms with Gasteiger partial charge in [0.1, 0.15) is 0 Å². The summed E-state index contributed by atoms with van der Waals surface area (Å²) >= 11 is 5.93. The van der Waals surface area contributed by atoms with Crippen molar-refractivity contribution in [1.82, 2.24) is 29.8 Å². The Morgan fingerprint density at radius 2 is 1.88 bits per heavy atom. The number of hydrogen-bond acceptors (Lipinski definition) is 3. The van der Waals surface area contributed by atoms with E-state index in [0.29, 0.717) is 11.6 Å². The van der Waals surface area contributed by atoms with Crippen molar-refractivity contribution >= 4 is 17.6 Å². The minimum absolute atomic E-state index is 0.637. The molecule has 0 aliphatic rings. The Balaban J connectivity index is 1.59. The van der Waals surface area contributed by atoms with Crippen LogP contribution in [0.3, 0.4) is 0 Å². The number of nitrogens with one attached hydrogen (secondary N) is 1. The predicted molar refractivity (Wildman–Crippen MR) is 103 cm³/mol. The van der Waals surface area contributed by atoms with E-state index in [1.54, 1.807) is 11.7 Å². The molecule has 0 aliphatic carbocycles. The van der Waals surface area contributed by atoms with Gasteiger partial charge in [0.15, 0.2) is 5.96 Å². The maximum atomic E-state index is 5.93. The minimum atomic E-state index is 0.637. The van der Waals surface area contributed by atoms with Crippen LogP contribution in [0.5, 0.6) is 0 Å². The van der Waals surface area contributed by atoms with E-state index in [1.807, 2.05) is 67.8 Å². The van der Waals surface area contributed by atoms with Gasteiger partial charge in [-0.1, -0.05) is 11.6 Å². The van der Waals surface area contributed by atoms with E-state index in [-0.39, 0.29) is 0 Å². The molecule has 8 heteroatoms. The lowest BCUT2D eigenvalue weighted by molar-refractivity contribution is 0.476. The number of halogens is 1. The number of guanidine groups is 1. The van der Waals surface area contributed by atoms with E-state index in [0.717, 1.165) is 29.3 Å². The quantitative estimate of drug-likeness (QED) is 0.552. The molecule has 2 aromatic heterocycles. The third-order valence-electron chi connectivity index (χ3n) is 3.93. The van der Waals surface area contributed by atoms with Crippen LogP contribution in [0, 0.1) is 0 Å². The third-order valence-corrected chi connectivity index (χ3v) is 4.18. The second-order valence-electron chi connectivity index (χ2n) is 6.05. The molecule has 0 unspecified atom stereocenters. The molecule has 0 spiro atoms. The van der Waals surface area contributed by atoms with Gasteiger partial charge in [0.25, 0.3) is 0 Å². The highest BCUT2D eigenvalue weighted by Gasteiger charge is 2.09. The maximum absolute atomic E-state index is 5.93. The van der Waals surface area contributed by atoms with Crippen molar-refractivity contribution in [3.05, 3.63) is 65.2 Å². The Morgan fingerprint density at radius 1 is 1.15 bits per heavy atom. The molecule has 26 heavy (non-hydrogen) atoms. The molecule has 0 saturated carbocycles. The number of rotatable bonds is 5. The van der Waals surface area contributed by atoms with Crippen molar-refractivity contribution in [2.75, 3.05) is 14.1 Å². The Kier molecular flexibility index (Phi) is 5.58. The van der Waals surface area contributed by atoms with Crippen LogP contribution in [0.4, 0.5) is 0 Å². The maximum Gasteiger partial charge on any atom is 0.193 e. The molecule has 0 saturated heterocycles. The van der Waals surface area contributed by atoms with E-state index < -0.39 is 0 Å². The summed E-state index contributed by atoms with van der Waals surface area (Å²) < 4.78 is 3.62. The summed E-state index contributed by atoms with van der Waals surface area (Å²) in [7, 11) is 5.69. The number of aryl methyl sites for hydroxylation is 1. The Morgan fingerprint density at radius 3 is 2.54 bits per heavy atom. The first-order chi connectivity index (χ1) is 12.5. The monoisotopic (exact) mass is 371 g/mol. The standard InChI is InChI=1S/C18H22ClN7/c1-20-18(24(2)11-15-10-22-25(3)12-15)21-8-14-9-23-26(13-14)17-6-4-16(19)5-7-17/h4-7,9-10,12-13H,8,11H2,1-3H3,(H,20,21). The van der Waals surface area contributed by atoms with Gasteiger partial charge in [-0.25, -0.2) is 4.68 Å². The number of nitrogens with zero attached hydrogens (tertiary/aromatic N) is 6. The molecule has 2 heterocycles. The van der Waals surface area contributed by atoms with Crippen LogP contribution in [0.1, 0.15) is 11.1 Å². The second kappa shape index (κ2) is 8.05. The minimum Gasteiger partial charge on any atom is -0.352 e. The molecular formula is C18H22ClN7. The zero-order chi connectivity index (χ0) is 18.5. The van der Waals surface area contributed by atoms with Crippen LogP contribution in [0.25, 0.3) is 5.69 Å². The van der Waals surface area contributed by atoms with Gasteiger partial charge in [-0.2, -0.15) is 10.2 Å². The van der Waals surface area contributed by atoms with Crippen LogP contribution in [-0.4, -0.2) is 44.5 Å². The smallest absolute Gasteiger partial charge is 0.193 e. The molecule has 1 N–H and O–H groups in total. The van der Waals surface area contributed by atoms with Gasteiger partial charge in [0, 0.05) is 62.8 Å². The number of hydrogen-bond donors (Lipinski definition) is 1. The van der Waals surface area contributed by atoms with Crippen LogP contribution < -0.4 is 5.32 Å². The number of benzene rings is 1. The van der Waals surface area contributed by atoms with Gasteiger partial charge in [0.05, 0.1) is 18.1 Å². The van der Waals surface area contributed by atoms with Crippen LogP contribution >= 0.6 is 11.6 Å². The lowest BCUT2D eigenvalue weighted by atomic mass is 10.3. The fourth-order valence-electron chi connectivity index (χ4n) is 2.65. The molecule has 1 aromatic carbocycles. The predicted octanol–water partition coefficient (Wildman–Crippen LogP) is 2.47. The van der Waals surface area contributed by atoms with Crippen molar-refractivity contribution in [3.63, 3.8) is 0 Å². The summed E-state index contributed by atoms with van der Waals surface area (Å²) in [6, 6.07) is 7.58. The SMILES string of the molecule is CN=C(NCc1cnn(-c2ccc(Cl)cc2)c1)N(C)Cc1cnn(C)c1. The fourth-order valence-corrected chi connectivity index (χ4v) is 2.78. The van der Waals surface area contributed by atoms with E-state index in [1.165, 1.54) is 0 Å². The first kappa shape index (κ1) is 18.0. The van der Waals surface area contributed by atoms with Crippen LogP contribution in [0.15, 0.2) is 54.0 Å². The van der Waals surface area contributed by atoms with Crippen molar-refractivity contribution < 1.29 is 0 Å². The lowest BCUT2D eigenvalue weighted by Gasteiger charge is -2.21. The van der Waals surface area contributed by atoms with Crippen molar-refractivity contribution in [2.24, 2.45) is 12.0 Å². The molecule has 136 valence electrons.